The van der Waals surface area contributed by atoms with E-state index >= 15 is 0 Å². The van der Waals surface area contributed by atoms with E-state index in [1.807, 2.05) is 12.1 Å². The Morgan fingerprint density at radius 3 is 2.57 bits per heavy atom. The molecule has 1 fully saturated rings. The van der Waals surface area contributed by atoms with Crippen LogP contribution in [0.4, 0.5) is 5.82 Å². The van der Waals surface area contributed by atoms with Crippen molar-refractivity contribution in [1.29, 1.82) is 0 Å². The molecule has 3 heterocycles. The van der Waals surface area contributed by atoms with E-state index in [4.69, 9.17) is 0 Å². The first kappa shape index (κ1) is 18.7. The van der Waals surface area contributed by atoms with Gasteiger partial charge >= 0.3 is 0 Å². The second-order valence-corrected chi connectivity index (χ2v) is 8.00. The second-order valence-electron chi connectivity index (χ2n) is 8.00. The molecule has 1 aliphatic heterocycles. The average Bonchev–Trinajstić information content (AvgIpc) is 3.35. The van der Waals surface area contributed by atoms with E-state index in [9.17, 15) is 4.79 Å². The predicted molar refractivity (Wildman–Crippen MR) is 112 cm³/mol. The van der Waals surface area contributed by atoms with Crippen LogP contribution in [-0.4, -0.2) is 44.0 Å². The van der Waals surface area contributed by atoms with Crippen LogP contribution in [0.15, 0.2) is 49.1 Å². The first-order valence-electron chi connectivity index (χ1n) is 10.6. The molecule has 5 rings (SSSR count). The Morgan fingerprint density at radius 2 is 1.80 bits per heavy atom. The van der Waals surface area contributed by atoms with Gasteiger partial charge in [-0.05, 0) is 55.4 Å². The summed E-state index contributed by atoms with van der Waals surface area (Å²) in [6.07, 6.45) is 7.98. The lowest BCUT2D eigenvalue weighted by Crippen LogP contribution is -2.42. The zero-order valence-corrected chi connectivity index (χ0v) is 16.8. The number of fused-ring (bicyclic) bond motifs is 1. The topological polar surface area (TPSA) is 88.8 Å². The van der Waals surface area contributed by atoms with Crippen LogP contribution in [0.5, 0.6) is 0 Å². The third-order valence-corrected chi connectivity index (χ3v) is 6.17. The maximum atomic E-state index is 12.9. The lowest BCUT2D eigenvalue weighted by molar-refractivity contribution is -0.126. The molecule has 1 unspecified atom stereocenters. The van der Waals surface area contributed by atoms with E-state index in [2.05, 4.69) is 54.8 Å². The number of benzene rings is 1. The van der Waals surface area contributed by atoms with Crippen molar-refractivity contribution in [2.45, 2.75) is 38.1 Å². The molecule has 0 spiro atoms. The Labute approximate surface area is 175 Å². The highest BCUT2D eigenvalue weighted by Crippen LogP contribution is 2.30. The highest BCUT2D eigenvalue weighted by Gasteiger charge is 2.29. The van der Waals surface area contributed by atoms with Gasteiger partial charge in [0.05, 0.1) is 6.04 Å². The van der Waals surface area contributed by atoms with Gasteiger partial charge in [-0.1, -0.05) is 24.3 Å². The molecule has 2 aliphatic rings. The zero-order chi connectivity index (χ0) is 20.3. The van der Waals surface area contributed by atoms with Crippen molar-refractivity contribution in [1.82, 2.24) is 30.3 Å². The Hall–Kier alpha value is -3.29. The summed E-state index contributed by atoms with van der Waals surface area (Å²) in [6.45, 7) is 1.60. The van der Waals surface area contributed by atoms with Crippen LogP contribution in [0.25, 0.3) is 5.82 Å². The second kappa shape index (κ2) is 8.22. The number of rotatable bonds is 4. The van der Waals surface area contributed by atoms with E-state index in [0.29, 0.717) is 5.82 Å². The van der Waals surface area contributed by atoms with Gasteiger partial charge in [-0.15, -0.1) is 10.2 Å². The molecule has 154 valence electrons. The Kier molecular flexibility index (Phi) is 5.13. The molecule has 0 radical (unpaired) electrons. The monoisotopic (exact) mass is 403 g/mol. The summed E-state index contributed by atoms with van der Waals surface area (Å²) in [5.74, 6) is 1.71. The molecule has 1 atom stereocenters. The van der Waals surface area contributed by atoms with Crippen molar-refractivity contribution in [3.8, 4) is 5.82 Å². The van der Waals surface area contributed by atoms with Gasteiger partial charge in [0.25, 0.3) is 0 Å². The fourth-order valence-electron chi connectivity index (χ4n) is 4.50. The molecular formula is C22H25N7O. The van der Waals surface area contributed by atoms with Crippen molar-refractivity contribution in [2.75, 3.05) is 18.0 Å². The maximum absolute atomic E-state index is 12.9. The number of anilines is 1. The van der Waals surface area contributed by atoms with Gasteiger partial charge in [-0.2, -0.15) is 5.10 Å². The van der Waals surface area contributed by atoms with Crippen LogP contribution in [-0.2, 0) is 11.2 Å². The number of aromatic nitrogens is 5. The lowest BCUT2D eigenvalue weighted by Gasteiger charge is -2.33. The summed E-state index contributed by atoms with van der Waals surface area (Å²) in [4.78, 5) is 19.0. The van der Waals surface area contributed by atoms with Crippen LogP contribution in [0.3, 0.4) is 0 Å². The Balaban J connectivity index is 1.18. The van der Waals surface area contributed by atoms with Crippen molar-refractivity contribution < 1.29 is 4.79 Å². The number of nitrogens with zero attached hydrogens (tertiary/aromatic N) is 6. The summed E-state index contributed by atoms with van der Waals surface area (Å²) in [5, 5.41) is 16.0. The van der Waals surface area contributed by atoms with Gasteiger partial charge in [0.2, 0.25) is 5.91 Å². The quantitative estimate of drug-likeness (QED) is 0.720. The minimum absolute atomic E-state index is 0.0534. The first-order valence-corrected chi connectivity index (χ1v) is 10.6. The average molecular weight is 403 g/mol. The van der Waals surface area contributed by atoms with Gasteiger partial charge in [-0.3, -0.25) is 4.79 Å². The number of carbonyl (C=O) groups excluding carboxylic acids is 1. The summed E-state index contributed by atoms with van der Waals surface area (Å²) in [6, 6.07) is 12.5. The summed E-state index contributed by atoms with van der Waals surface area (Å²) < 4.78 is 1.58. The van der Waals surface area contributed by atoms with E-state index in [0.717, 1.165) is 51.0 Å². The minimum atomic E-state index is 0.0534. The molecule has 0 bridgehead atoms. The molecule has 0 saturated carbocycles. The van der Waals surface area contributed by atoms with Gasteiger partial charge in [0.1, 0.15) is 12.7 Å². The highest BCUT2D eigenvalue weighted by atomic mass is 16.2. The smallest absolute Gasteiger partial charge is 0.223 e. The molecule has 3 aromatic rings. The molecule has 30 heavy (non-hydrogen) atoms. The molecular weight excluding hydrogens is 378 g/mol. The Morgan fingerprint density at radius 1 is 1.00 bits per heavy atom. The van der Waals surface area contributed by atoms with E-state index in [-0.39, 0.29) is 17.9 Å². The van der Waals surface area contributed by atoms with Crippen LogP contribution in [0, 0.1) is 5.92 Å². The van der Waals surface area contributed by atoms with Crippen molar-refractivity contribution in [3.05, 3.63) is 60.2 Å². The number of aryl methyl sites for hydroxylation is 1. The number of hydrogen-bond donors (Lipinski definition) is 1. The molecule has 1 N–H and O–H groups in total. The molecule has 8 heteroatoms. The number of carbonyl (C=O) groups is 1. The third-order valence-electron chi connectivity index (χ3n) is 6.17. The number of amides is 1. The molecule has 8 nitrogen and oxygen atoms in total. The molecule has 1 aliphatic carbocycles. The fraction of sp³-hybridized carbons (Fsp3) is 0.409. The van der Waals surface area contributed by atoms with Crippen molar-refractivity contribution in [2.24, 2.45) is 5.92 Å². The maximum Gasteiger partial charge on any atom is 0.223 e. The number of hydrogen-bond acceptors (Lipinski definition) is 6. The summed E-state index contributed by atoms with van der Waals surface area (Å²) in [5.41, 5.74) is 2.66. The van der Waals surface area contributed by atoms with Crippen molar-refractivity contribution in [3.63, 3.8) is 0 Å². The Bertz CT molecular complexity index is 995. The number of piperidine rings is 1. The summed E-state index contributed by atoms with van der Waals surface area (Å²) >= 11 is 0. The molecule has 1 saturated heterocycles. The molecule has 1 aromatic carbocycles. The van der Waals surface area contributed by atoms with Gasteiger partial charge in [0.15, 0.2) is 11.6 Å². The fourth-order valence-corrected chi connectivity index (χ4v) is 4.50. The molecule has 1 amide bonds. The minimum Gasteiger partial charge on any atom is -0.355 e. The lowest BCUT2D eigenvalue weighted by atomic mass is 9.87. The zero-order valence-electron chi connectivity index (χ0n) is 16.8. The SMILES string of the molecule is O=C(NC1CCCc2ccccc21)C1CCN(c2ccc(-n3cncn3)nn2)CC1. The largest absolute Gasteiger partial charge is 0.355 e. The van der Waals surface area contributed by atoms with E-state index in [1.165, 1.54) is 17.5 Å². The van der Waals surface area contributed by atoms with Crippen LogP contribution < -0.4 is 10.2 Å². The van der Waals surface area contributed by atoms with Crippen LogP contribution in [0.2, 0.25) is 0 Å². The third kappa shape index (κ3) is 3.77. The highest BCUT2D eigenvalue weighted by molar-refractivity contribution is 5.79. The van der Waals surface area contributed by atoms with E-state index < -0.39 is 0 Å². The molecule has 2 aromatic heterocycles. The van der Waals surface area contributed by atoms with Gasteiger partial charge in [0, 0.05) is 19.0 Å². The first-order chi connectivity index (χ1) is 14.8. The standard InChI is InChI=1S/C22H25N7O/c30-22(25-19-7-3-5-16-4-1-2-6-18(16)19)17-10-12-28(13-11-17)20-8-9-21(27-26-20)29-15-23-14-24-29/h1-2,4,6,8-9,14-15,17,19H,3,5,7,10-13H2,(H,25,30). The van der Waals surface area contributed by atoms with Crippen molar-refractivity contribution >= 4 is 11.7 Å². The van der Waals surface area contributed by atoms with E-state index in [1.54, 1.807) is 11.0 Å². The van der Waals surface area contributed by atoms with Crippen LogP contribution >= 0.6 is 0 Å². The number of nitrogens with one attached hydrogen (secondary N) is 1. The van der Waals surface area contributed by atoms with Crippen LogP contribution in [0.1, 0.15) is 42.9 Å². The summed E-state index contributed by atoms with van der Waals surface area (Å²) in [7, 11) is 0. The van der Waals surface area contributed by atoms with Gasteiger partial charge < -0.3 is 10.2 Å². The van der Waals surface area contributed by atoms with Gasteiger partial charge in [-0.25, -0.2) is 9.67 Å². The predicted octanol–water partition coefficient (Wildman–Crippen LogP) is 2.47. The normalized spacial score (nSPS) is 19.3.